The highest BCUT2D eigenvalue weighted by atomic mass is 16.6. The van der Waals surface area contributed by atoms with Gasteiger partial charge in [0.2, 0.25) is 0 Å². The Balaban J connectivity index is 1.86. The molecule has 6 nitrogen and oxygen atoms in total. The molecule has 0 aromatic heterocycles. The Bertz CT molecular complexity index is 786. The number of esters is 1. The largest absolute Gasteiger partial charge is 0.497 e. The maximum absolute atomic E-state index is 12.4. The van der Waals surface area contributed by atoms with Crippen molar-refractivity contribution >= 4 is 11.9 Å². The molecule has 0 aliphatic carbocycles. The quantitative estimate of drug-likeness (QED) is 0.529. The molecule has 0 bridgehead atoms. The SMILES string of the molecule is COc1ccc(C(=O)N[C@H](C(=O)OCCOc2ccccc2C)C(C)C)cc1. The zero-order valence-corrected chi connectivity index (χ0v) is 16.7. The smallest absolute Gasteiger partial charge is 0.329 e. The molecule has 6 heteroatoms. The Hall–Kier alpha value is -3.02. The molecule has 0 radical (unpaired) electrons. The summed E-state index contributed by atoms with van der Waals surface area (Å²) < 4.78 is 16.0. The molecule has 0 saturated carbocycles. The zero-order valence-electron chi connectivity index (χ0n) is 16.7. The number of carbonyl (C=O) groups excluding carboxylic acids is 2. The summed E-state index contributed by atoms with van der Waals surface area (Å²) in [5, 5.41) is 2.74. The average Bonchev–Trinajstić information content (AvgIpc) is 2.70. The van der Waals surface area contributed by atoms with Crippen molar-refractivity contribution in [2.45, 2.75) is 26.8 Å². The number of para-hydroxylation sites is 1. The highest BCUT2D eigenvalue weighted by molar-refractivity contribution is 5.96. The Labute approximate surface area is 165 Å². The van der Waals surface area contributed by atoms with E-state index in [1.165, 1.54) is 0 Å². The van der Waals surface area contributed by atoms with Gasteiger partial charge in [-0.05, 0) is 48.7 Å². The van der Waals surface area contributed by atoms with Crippen LogP contribution < -0.4 is 14.8 Å². The standard InChI is InChI=1S/C22H27NO5/c1-15(2)20(23-21(24)17-9-11-18(26-4)12-10-17)22(25)28-14-13-27-19-8-6-5-7-16(19)3/h5-12,15,20H,13-14H2,1-4H3,(H,23,24)/t20-/m0/s1. The maximum atomic E-state index is 12.4. The number of aryl methyl sites for hydroxylation is 1. The molecule has 2 aromatic carbocycles. The van der Waals surface area contributed by atoms with Gasteiger partial charge in [0.25, 0.3) is 5.91 Å². The van der Waals surface area contributed by atoms with Crippen LogP contribution in [0.4, 0.5) is 0 Å². The van der Waals surface area contributed by atoms with E-state index < -0.39 is 12.0 Å². The molecule has 2 rings (SSSR count). The van der Waals surface area contributed by atoms with Gasteiger partial charge < -0.3 is 19.5 Å². The fourth-order valence-corrected chi connectivity index (χ4v) is 2.57. The summed E-state index contributed by atoms with van der Waals surface area (Å²) >= 11 is 0. The highest BCUT2D eigenvalue weighted by Gasteiger charge is 2.26. The van der Waals surface area contributed by atoms with E-state index in [0.29, 0.717) is 11.3 Å². The summed E-state index contributed by atoms with van der Waals surface area (Å²) in [6.45, 7) is 6.00. The number of hydrogen-bond acceptors (Lipinski definition) is 5. The molecule has 1 N–H and O–H groups in total. The maximum Gasteiger partial charge on any atom is 0.329 e. The van der Waals surface area contributed by atoms with Crippen LogP contribution in [0.15, 0.2) is 48.5 Å². The van der Waals surface area contributed by atoms with Crippen LogP contribution in [0.3, 0.4) is 0 Å². The first-order valence-corrected chi connectivity index (χ1v) is 9.22. The number of carbonyl (C=O) groups is 2. The molecule has 0 aliphatic heterocycles. The van der Waals surface area contributed by atoms with Gasteiger partial charge in [-0.3, -0.25) is 4.79 Å². The van der Waals surface area contributed by atoms with Gasteiger partial charge in [-0.1, -0.05) is 32.0 Å². The van der Waals surface area contributed by atoms with Gasteiger partial charge >= 0.3 is 5.97 Å². The van der Waals surface area contributed by atoms with Gasteiger partial charge in [0, 0.05) is 5.56 Å². The molecule has 0 unspecified atom stereocenters. The van der Waals surface area contributed by atoms with Crippen LogP contribution in [0.2, 0.25) is 0 Å². The highest BCUT2D eigenvalue weighted by Crippen LogP contribution is 2.16. The summed E-state index contributed by atoms with van der Waals surface area (Å²) in [6, 6.07) is 13.6. The van der Waals surface area contributed by atoms with Crippen molar-refractivity contribution in [3.05, 3.63) is 59.7 Å². The van der Waals surface area contributed by atoms with Crippen LogP contribution in [0.25, 0.3) is 0 Å². The zero-order chi connectivity index (χ0) is 20.5. The predicted octanol–water partition coefficient (Wildman–Crippen LogP) is 3.38. The summed E-state index contributed by atoms with van der Waals surface area (Å²) in [5.74, 6) is 0.475. The lowest BCUT2D eigenvalue weighted by atomic mass is 10.0. The van der Waals surface area contributed by atoms with Gasteiger partial charge in [-0.2, -0.15) is 0 Å². The number of nitrogens with one attached hydrogen (secondary N) is 1. The van der Waals surface area contributed by atoms with Crippen LogP contribution in [0.1, 0.15) is 29.8 Å². The fourth-order valence-electron chi connectivity index (χ4n) is 2.57. The second kappa shape index (κ2) is 10.3. The van der Waals surface area contributed by atoms with Gasteiger partial charge in [-0.15, -0.1) is 0 Å². The van der Waals surface area contributed by atoms with E-state index in [9.17, 15) is 9.59 Å². The van der Waals surface area contributed by atoms with Crippen molar-refractivity contribution in [2.24, 2.45) is 5.92 Å². The summed E-state index contributed by atoms with van der Waals surface area (Å²) in [7, 11) is 1.56. The fraction of sp³-hybridized carbons (Fsp3) is 0.364. The molecule has 2 aromatic rings. The Kier molecular flexibility index (Phi) is 7.87. The van der Waals surface area contributed by atoms with Gasteiger partial charge in [-0.25, -0.2) is 4.79 Å². The molecule has 1 atom stereocenters. The number of hydrogen-bond donors (Lipinski definition) is 1. The number of ether oxygens (including phenoxy) is 3. The Morgan fingerprint density at radius 3 is 2.29 bits per heavy atom. The van der Waals surface area contributed by atoms with E-state index in [2.05, 4.69) is 5.32 Å². The lowest BCUT2D eigenvalue weighted by Gasteiger charge is -2.21. The van der Waals surface area contributed by atoms with Crippen molar-refractivity contribution in [3.63, 3.8) is 0 Å². The van der Waals surface area contributed by atoms with Gasteiger partial charge in [0.05, 0.1) is 7.11 Å². The number of rotatable bonds is 9. The molecule has 28 heavy (non-hydrogen) atoms. The number of benzene rings is 2. The van der Waals surface area contributed by atoms with Crippen molar-refractivity contribution < 1.29 is 23.8 Å². The minimum atomic E-state index is -0.743. The van der Waals surface area contributed by atoms with Gasteiger partial charge in [0.15, 0.2) is 0 Å². The molecule has 0 fully saturated rings. The summed E-state index contributed by atoms with van der Waals surface area (Å²) in [6.07, 6.45) is 0. The third-order valence-electron chi connectivity index (χ3n) is 4.24. The first-order valence-electron chi connectivity index (χ1n) is 9.22. The van der Waals surface area contributed by atoms with Crippen molar-refractivity contribution in [1.82, 2.24) is 5.32 Å². The second-order valence-corrected chi connectivity index (χ2v) is 6.71. The molecule has 1 amide bonds. The summed E-state index contributed by atoms with van der Waals surface area (Å²) in [4.78, 5) is 24.8. The minimum Gasteiger partial charge on any atom is -0.497 e. The molecule has 150 valence electrons. The molecular weight excluding hydrogens is 358 g/mol. The van der Waals surface area contributed by atoms with E-state index >= 15 is 0 Å². The van der Waals surface area contributed by atoms with Crippen LogP contribution in [-0.4, -0.2) is 38.2 Å². The van der Waals surface area contributed by atoms with E-state index in [1.807, 2.05) is 45.0 Å². The van der Waals surface area contributed by atoms with Crippen LogP contribution >= 0.6 is 0 Å². The third-order valence-corrected chi connectivity index (χ3v) is 4.24. The molecule has 0 saturated heterocycles. The first kappa shape index (κ1) is 21.3. The molecular formula is C22H27NO5. The van der Waals surface area contributed by atoms with Crippen LogP contribution in [0, 0.1) is 12.8 Å². The van der Waals surface area contributed by atoms with Crippen molar-refractivity contribution in [2.75, 3.05) is 20.3 Å². The minimum absolute atomic E-state index is 0.106. The first-order chi connectivity index (χ1) is 13.4. The third kappa shape index (κ3) is 6.01. The lowest BCUT2D eigenvalue weighted by Crippen LogP contribution is -2.45. The average molecular weight is 385 g/mol. The van der Waals surface area contributed by atoms with Crippen molar-refractivity contribution in [1.29, 1.82) is 0 Å². The van der Waals surface area contributed by atoms with Crippen LogP contribution in [0.5, 0.6) is 11.5 Å². The van der Waals surface area contributed by atoms with Crippen LogP contribution in [-0.2, 0) is 9.53 Å². The lowest BCUT2D eigenvalue weighted by molar-refractivity contribution is -0.147. The number of amides is 1. The van der Waals surface area contributed by atoms with E-state index in [0.717, 1.165) is 11.3 Å². The Morgan fingerprint density at radius 1 is 1.00 bits per heavy atom. The van der Waals surface area contributed by atoms with E-state index in [-0.39, 0.29) is 25.0 Å². The molecule has 0 heterocycles. The molecule has 0 spiro atoms. The van der Waals surface area contributed by atoms with E-state index in [4.69, 9.17) is 14.2 Å². The monoisotopic (exact) mass is 385 g/mol. The normalized spacial score (nSPS) is 11.6. The van der Waals surface area contributed by atoms with Gasteiger partial charge in [0.1, 0.15) is 30.8 Å². The predicted molar refractivity (Wildman–Crippen MR) is 107 cm³/mol. The Morgan fingerprint density at radius 2 is 1.68 bits per heavy atom. The second-order valence-electron chi connectivity index (χ2n) is 6.71. The van der Waals surface area contributed by atoms with E-state index in [1.54, 1.807) is 31.4 Å². The molecule has 0 aliphatic rings. The summed E-state index contributed by atoms with van der Waals surface area (Å²) in [5.41, 5.74) is 1.46. The van der Waals surface area contributed by atoms with Crippen molar-refractivity contribution in [3.8, 4) is 11.5 Å². The number of methoxy groups -OCH3 is 1. The topological polar surface area (TPSA) is 73.9 Å².